The van der Waals surface area contributed by atoms with Gasteiger partial charge in [0.2, 0.25) is 0 Å². The lowest BCUT2D eigenvalue weighted by Gasteiger charge is -2.26. The zero-order chi connectivity index (χ0) is 11.8. The summed E-state index contributed by atoms with van der Waals surface area (Å²) in [7, 11) is 0. The number of rotatable bonds is 0. The minimum atomic E-state index is -0.656. The Kier molecular flexibility index (Phi) is 2.75. The molecule has 0 bridgehead atoms. The van der Waals surface area contributed by atoms with Gasteiger partial charge in [-0.15, -0.1) is 0 Å². The quantitative estimate of drug-likeness (QED) is 0.650. The van der Waals surface area contributed by atoms with Gasteiger partial charge in [0, 0.05) is 11.8 Å². The summed E-state index contributed by atoms with van der Waals surface area (Å²) in [5.74, 6) is -0.422. The highest BCUT2D eigenvalue weighted by atomic mass is 16.6. The summed E-state index contributed by atoms with van der Waals surface area (Å²) in [6, 6.07) is -0.424. The molecule has 0 aromatic heterocycles. The molecule has 0 saturated heterocycles. The number of hydrogen-bond acceptors (Lipinski definition) is 4. The van der Waals surface area contributed by atoms with E-state index in [0.29, 0.717) is 5.70 Å². The topological polar surface area (TPSA) is 72.6 Å². The summed E-state index contributed by atoms with van der Waals surface area (Å²) >= 11 is 0. The van der Waals surface area contributed by atoms with Gasteiger partial charge in [0.15, 0.2) is 0 Å². The van der Waals surface area contributed by atoms with Crippen LogP contribution in [-0.4, -0.2) is 28.5 Å². The van der Waals surface area contributed by atoms with Crippen LogP contribution in [0.25, 0.3) is 0 Å². The van der Waals surface area contributed by atoms with Gasteiger partial charge in [0.05, 0.1) is 6.04 Å². The van der Waals surface area contributed by atoms with E-state index >= 15 is 0 Å². The first-order valence-electron chi connectivity index (χ1n) is 4.75. The van der Waals surface area contributed by atoms with Crippen molar-refractivity contribution < 1.29 is 14.3 Å². The molecule has 0 unspecified atom stereocenters. The third kappa shape index (κ3) is 2.49. The van der Waals surface area contributed by atoms with Crippen molar-refractivity contribution in [1.82, 2.24) is 4.90 Å². The molecule has 2 N–H and O–H groups in total. The molecule has 1 heterocycles. The van der Waals surface area contributed by atoms with Gasteiger partial charge < -0.3 is 10.5 Å². The Bertz CT molecular complexity index is 328. The summed E-state index contributed by atoms with van der Waals surface area (Å²) in [6.45, 7) is 6.91. The lowest BCUT2D eigenvalue weighted by Crippen LogP contribution is -2.43. The van der Waals surface area contributed by atoms with E-state index in [9.17, 15) is 9.59 Å². The first kappa shape index (κ1) is 11.6. The van der Waals surface area contributed by atoms with Crippen LogP contribution in [0.4, 0.5) is 4.79 Å². The molecule has 15 heavy (non-hydrogen) atoms. The number of imide groups is 1. The van der Waals surface area contributed by atoms with Crippen molar-refractivity contribution in [3.8, 4) is 0 Å². The van der Waals surface area contributed by atoms with Crippen molar-refractivity contribution >= 4 is 12.0 Å². The maximum Gasteiger partial charge on any atom is 0.417 e. The van der Waals surface area contributed by atoms with Crippen molar-refractivity contribution in [2.75, 3.05) is 0 Å². The second-order valence-corrected chi connectivity index (χ2v) is 4.51. The predicted octanol–water partition coefficient (Wildman–Crippen LogP) is 0.995. The lowest BCUT2D eigenvalue weighted by atomic mass is 10.2. The summed E-state index contributed by atoms with van der Waals surface area (Å²) in [4.78, 5) is 24.0. The summed E-state index contributed by atoms with van der Waals surface area (Å²) < 4.78 is 5.09. The first-order chi connectivity index (χ1) is 6.72. The Hall–Kier alpha value is -1.52. The molecular weight excluding hydrogens is 196 g/mol. The molecule has 0 spiro atoms. The molecule has 1 aliphatic rings. The molecule has 1 atom stereocenters. The zero-order valence-corrected chi connectivity index (χ0v) is 9.40. The van der Waals surface area contributed by atoms with Gasteiger partial charge in [-0.25, -0.2) is 9.69 Å². The molecule has 2 amide bonds. The summed E-state index contributed by atoms with van der Waals surface area (Å²) in [5, 5.41) is 0. The standard InChI is InChI=1S/C10H16N2O3/c1-6-7(11)5-8(13)12(6)9(14)15-10(2,3)4/h5-6H,11H2,1-4H3/t6-/m0/s1. The average Bonchev–Trinajstić information content (AvgIpc) is 2.22. The Morgan fingerprint density at radius 3 is 2.40 bits per heavy atom. The lowest BCUT2D eigenvalue weighted by molar-refractivity contribution is -0.125. The highest BCUT2D eigenvalue weighted by Gasteiger charge is 2.35. The van der Waals surface area contributed by atoms with Crippen LogP contribution in [0.3, 0.4) is 0 Å². The molecule has 0 radical (unpaired) electrons. The minimum absolute atomic E-state index is 0.380. The SMILES string of the molecule is C[C@H]1C(N)=CC(=O)N1C(=O)OC(C)(C)C. The van der Waals surface area contributed by atoms with Gasteiger partial charge >= 0.3 is 6.09 Å². The van der Waals surface area contributed by atoms with Crippen LogP contribution in [0.2, 0.25) is 0 Å². The molecule has 0 aromatic rings. The summed E-state index contributed by atoms with van der Waals surface area (Å²) in [5.41, 5.74) is 5.32. The van der Waals surface area contributed by atoms with Crippen LogP contribution in [0.5, 0.6) is 0 Å². The first-order valence-corrected chi connectivity index (χ1v) is 4.75. The Morgan fingerprint density at radius 1 is 1.53 bits per heavy atom. The fourth-order valence-corrected chi connectivity index (χ4v) is 1.23. The monoisotopic (exact) mass is 212 g/mol. The van der Waals surface area contributed by atoms with E-state index in [4.69, 9.17) is 10.5 Å². The van der Waals surface area contributed by atoms with E-state index in [2.05, 4.69) is 0 Å². The van der Waals surface area contributed by atoms with E-state index in [0.717, 1.165) is 4.90 Å². The number of carbonyl (C=O) groups excluding carboxylic acids is 2. The molecular formula is C10H16N2O3. The number of amides is 2. The molecule has 5 nitrogen and oxygen atoms in total. The summed E-state index contributed by atoms with van der Waals surface area (Å²) in [6.07, 6.45) is 0.589. The van der Waals surface area contributed by atoms with Crippen molar-refractivity contribution in [3.05, 3.63) is 11.8 Å². The van der Waals surface area contributed by atoms with Crippen LogP contribution in [0, 0.1) is 0 Å². The van der Waals surface area contributed by atoms with Crippen LogP contribution in [0.1, 0.15) is 27.7 Å². The van der Waals surface area contributed by atoms with Gasteiger partial charge in [-0.2, -0.15) is 0 Å². The third-order valence-electron chi connectivity index (χ3n) is 1.99. The highest BCUT2D eigenvalue weighted by molar-refractivity contribution is 6.02. The number of hydrogen-bond donors (Lipinski definition) is 1. The molecule has 5 heteroatoms. The fraction of sp³-hybridized carbons (Fsp3) is 0.600. The van der Waals surface area contributed by atoms with Gasteiger partial charge in [0.25, 0.3) is 5.91 Å². The average molecular weight is 212 g/mol. The Labute approximate surface area is 88.9 Å². The van der Waals surface area contributed by atoms with Gasteiger partial charge in [-0.05, 0) is 27.7 Å². The van der Waals surface area contributed by atoms with E-state index in [1.54, 1.807) is 27.7 Å². The molecule has 0 saturated carbocycles. The van der Waals surface area contributed by atoms with Gasteiger partial charge in [-0.3, -0.25) is 4.79 Å². The zero-order valence-electron chi connectivity index (χ0n) is 9.40. The smallest absolute Gasteiger partial charge is 0.417 e. The maximum absolute atomic E-state index is 11.6. The third-order valence-corrected chi connectivity index (χ3v) is 1.99. The van der Waals surface area contributed by atoms with E-state index < -0.39 is 23.6 Å². The van der Waals surface area contributed by atoms with Crippen molar-refractivity contribution in [2.24, 2.45) is 5.73 Å². The van der Waals surface area contributed by atoms with Gasteiger partial charge in [0.1, 0.15) is 5.60 Å². The second kappa shape index (κ2) is 3.56. The minimum Gasteiger partial charge on any atom is -0.443 e. The molecule has 84 valence electrons. The maximum atomic E-state index is 11.6. The molecule has 0 aromatic carbocycles. The van der Waals surface area contributed by atoms with Crippen molar-refractivity contribution in [1.29, 1.82) is 0 Å². The van der Waals surface area contributed by atoms with E-state index in [1.165, 1.54) is 6.08 Å². The molecule has 0 fully saturated rings. The fourth-order valence-electron chi connectivity index (χ4n) is 1.23. The number of carbonyl (C=O) groups is 2. The predicted molar refractivity (Wildman–Crippen MR) is 54.8 cm³/mol. The van der Waals surface area contributed by atoms with Gasteiger partial charge in [-0.1, -0.05) is 0 Å². The largest absolute Gasteiger partial charge is 0.443 e. The van der Waals surface area contributed by atoms with Crippen LogP contribution in [-0.2, 0) is 9.53 Å². The number of nitrogens with zero attached hydrogens (tertiary/aromatic N) is 1. The Balaban J connectivity index is 2.75. The normalized spacial score (nSPS) is 21.6. The highest BCUT2D eigenvalue weighted by Crippen LogP contribution is 2.19. The van der Waals surface area contributed by atoms with E-state index in [1.807, 2.05) is 0 Å². The van der Waals surface area contributed by atoms with Crippen molar-refractivity contribution in [2.45, 2.75) is 39.3 Å². The molecule has 1 aliphatic heterocycles. The number of ether oxygens (including phenoxy) is 1. The molecule has 1 rings (SSSR count). The van der Waals surface area contributed by atoms with Crippen LogP contribution < -0.4 is 5.73 Å². The van der Waals surface area contributed by atoms with Crippen molar-refractivity contribution in [3.63, 3.8) is 0 Å². The van der Waals surface area contributed by atoms with E-state index in [-0.39, 0.29) is 0 Å². The van der Waals surface area contributed by atoms with Crippen LogP contribution in [0.15, 0.2) is 11.8 Å². The van der Waals surface area contributed by atoms with Crippen LogP contribution >= 0.6 is 0 Å². The number of nitrogens with two attached hydrogens (primary N) is 1. The molecule has 0 aliphatic carbocycles. The second-order valence-electron chi connectivity index (χ2n) is 4.51. The Morgan fingerprint density at radius 2 is 2.07 bits per heavy atom.